The zero-order chi connectivity index (χ0) is 19.3. The van der Waals surface area contributed by atoms with E-state index in [-0.39, 0.29) is 12.2 Å². The van der Waals surface area contributed by atoms with Crippen LogP contribution in [0, 0.1) is 0 Å². The summed E-state index contributed by atoms with van der Waals surface area (Å²) in [6.45, 7) is 1.38. The van der Waals surface area contributed by atoms with E-state index in [9.17, 15) is 9.59 Å². The largest absolute Gasteiger partial charge is 0.441 e. The molecule has 4 rings (SSSR count). The van der Waals surface area contributed by atoms with Gasteiger partial charge in [-0.3, -0.25) is 9.69 Å². The molecule has 0 aromatic heterocycles. The number of rotatable bonds is 6. The molecule has 2 aliphatic rings. The lowest BCUT2D eigenvalue weighted by Gasteiger charge is -2.22. The molecule has 0 bridgehead atoms. The Kier molecular flexibility index (Phi) is 5.72. The van der Waals surface area contributed by atoms with Gasteiger partial charge in [0.25, 0.3) is 0 Å². The summed E-state index contributed by atoms with van der Waals surface area (Å²) in [4.78, 5) is 25.3. The van der Waals surface area contributed by atoms with Crippen molar-refractivity contribution in [1.29, 1.82) is 0 Å². The second-order valence-corrected chi connectivity index (χ2v) is 7.52. The van der Waals surface area contributed by atoms with E-state index in [1.54, 1.807) is 4.90 Å². The maximum atomic E-state index is 12.3. The first kappa shape index (κ1) is 18.7. The first-order valence-electron chi connectivity index (χ1n) is 9.90. The zero-order valence-electron chi connectivity index (χ0n) is 15.9. The number of nitrogens with zero attached hydrogens (tertiary/aromatic N) is 1. The van der Waals surface area contributed by atoms with Crippen LogP contribution in [0.3, 0.4) is 0 Å². The van der Waals surface area contributed by atoms with Crippen molar-refractivity contribution in [2.75, 3.05) is 18.1 Å². The molecule has 5 nitrogen and oxygen atoms in total. The van der Waals surface area contributed by atoms with E-state index in [4.69, 9.17) is 9.47 Å². The Morgan fingerprint density at radius 3 is 2.39 bits per heavy atom. The van der Waals surface area contributed by atoms with Crippen molar-refractivity contribution in [3.63, 3.8) is 0 Å². The summed E-state index contributed by atoms with van der Waals surface area (Å²) >= 11 is 0. The second kappa shape index (κ2) is 8.57. The topological polar surface area (TPSA) is 55.8 Å². The third-order valence-electron chi connectivity index (χ3n) is 5.51. The van der Waals surface area contributed by atoms with Gasteiger partial charge in [-0.1, -0.05) is 42.5 Å². The number of hydrogen-bond acceptors (Lipinski definition) is 4. The number of ether oxygens (including phenoxy) is 2. The number of cyclic esters (lactones) is 1. The minimum atomic E-state index is -0.329. The van der Waals surface area contributed by atoms with Crippen LogP contribution in [0.15, 0.2) is 54.6 Å². The van der Waals surface area contributed by atoms with Crippen molar-refractivity contribution in [2.45, 2.75) is 44.3 Å². The molecular formula is C23H25NO4. The fourth-order valence-corrected chi connectivity index (χ4v) is 3.90. The lowest BCUT2D eigenvalue weighted by atomic mass is 9.83. The molecule has 146 valence electrons. The van der Waals surface area contributed by atoms with Gasteiger partial charge in [0.2, 0.25) is 0 Å². The Hall–Kier alpha value is -2.66. The predicted octanol–water partition coefficient (Wildman–Crippen LogP) is 4.46. The van der Waals surface area contributed by atoms with Crippen molar-refractivity contribution >= 4 is 17.6 Å². The lowest BCUT2D eigenvalue weighted by Crippen LogP contribution is -2.25. The zero-order valence-corrected chi connectivity index (χ0v) is 15.9. The number of ketones is 1. The molecular weight excluding hydrogens is 354 g/mol. The first-order valence-corrected chi connectivity index (χ1v) is 9.90. The van der Waals surface area contributed by atoms with E-state index in [0.29, 0.717) is 44.3 Å². The van der Waals surface area contributed by atoms with Crippen LogP contribution in [0.4, 0.5) is 10.5 Å². The van der Waals surface area contributed by atoms with Crippen LogP contribution in [0.2, 0.25) is 0 Å². The summed E-state index contributed by atoms with van der Waals surface area (Å²) in [5, 5.41) is 0. The van der Waals surface area contributed by atoms with Gasteiger partial charge in [-0.05, 0) is 42.0 Å². The monoisotopic (exact) mass is 379 g/mol. The fraction of sp³-hybridized carbons (Fsp3) is 0.391. The molecule has 0 spiro atoms. The molecule has 1 amide bonds. The molecule has 2 aromatic rings. The molecule has 1 heterocycles. The van der Waals surface area contributed by atoms with Crippen LogP contribution in [-0.2, 0) is 20.9 Å². The number of carbonyl (C=O) groups is 2. The molecule has 1 saturated carbocycles. The maximum Gasteiger partial charge on any atom is 0.414 e. The van der Waals surface area contributed by atoms with Crippen molar-refractivity contribution in [3.05, 3.63) is 65.7 Å². The van der Waals surface area contributed by atoms with Gasteiger partial charge in [0.15, 0.2) is 0 Å². The van der Waals surface area contributed by atoms with Crippen molar-refractivity contribution < 1.29 is 19.1 Å². The molecule has 0 radical (unpaired) electrons. The van der Waals surface area contributed by atoms with Gasteiger partial charge in [0.1, 0.15) is 11.9 Å². The molecule has 1 atom stereocenters. The summed E-state index contributed by atoms with van der Waals surface area (Å²) in [5.74, 6) is 0.810. The van der Waals surface area contributed by atoms with Crippen LogP contribution in [0.25, 0.3) is 0 Å². The highest BCUT2D eigenvalue weighted by molar-refractivity contribution is 5.89. The van der Waals surface area contributed by atoms with Gasteiger partial charge in [-0.15, -0.1) is 0 Å². The molecule has 1 aliphatic heterocycles. The van der Waals surface area contributed by atoms with Crippen LogP contribution in [0.1, 0.15) is 42.7 Å². The summed E-state index contributed by atoms with van der Waals surface area (Å²) < 4.78 is 11.2. The average molecular weight is 379 g/mol. The third kappa shape index (κ3) is 4.42. The summed E-state index contributed by atoms with van der Waals surface area (Å²) in [7, 11) is 0. The number of Topliss-reactive ketones (excluding diaryl/α,β-unsaturated/α-hetero) is 1. The quantitative estimate of drug-likeness (QED) is 0.744. The SMILES string of the molecule is O=C1CCC(c2ccc(N3CC(COCc4ccccc4)OC3=O)cc2)CC1. The number of hydrogen-bond donors (Lipinski definition) is 0. The highest BCUT2D eigenvalue weighted by atomic mass is 16.6. The van der Waals surface area contributed by atoms with Gasteiger partial charge >= 0.3 is 6.09 Å². The minimum Gasteiger partial charge on any atom is -0.441 e. The van der Waals surface area contributed by atoms with E-state index in [1.807, 2.05) is 42.5 Å². The molecule has 28 heavy (non-hydrogen) atoms. The van der Waals surface area contributed by atoms with Gasteiger partial charge < -0.3 is 9.47 Å². The molecule has 1 aliphatic carbocycles. The van der Waals surface area contributed by atoms with Gasteiger partial charge in [-0.25, -0.2) is 4.79 Å². The normalized spacial score (nSPS) is 20.4. The number of benzene rings is 2. The van der Waals surface area contributed by atoms with Crippen LogP contribution >= 0.6 is 0 Å². The molecule has 1 unspecified atom stereocenters. The molecule has 2 fully saturated rings. The summed E-state index contributed by atoms with van der Waals surface area (Å²) in [5.41, 5.74) is 3.18. The van der Waals surface area contributed by atoms with E-state index < -0.39 is 0 Å². The van der Waals surface area contributed by atoms with Gasteiger partial charge in [0.05, 0.1) is 19.8 Å². The van der Waals surface area contributed by atoms with Crippen molar-refractivity contribution in [1.82, 2.24) is 0 Å². The van der Waals surface area contributed by atoms with Gasteiger partial charge in [-0.2, -0.15) is 0 Å². The number of carbonyl (C=O) groups excluding carboxylic acids is 2. The van der Waals surface area contributed by atoms with E-state index in [2.05, 4.69) is 12.1 Å². The minimum absolute atomic E-state index is 0.264. The molecule has 1 saturated heterocycles. The number of amides is 1. The lowest BCUT2D eigenvalue weighted by molar-refractivity contribution is -0.120. The summed E-state index contributed by atoms with van der Waals surface area (Å²) in [6, 6.07) is 18.0. The van der Waals surface area contributed by atoms with Crippen molar-refractivity contribution in [3.8, 4) is 0 Å². The van der Waals surface area contributed by atoms with E-state index in [1.165, 1.54) is 5.56 Å². The van der Waals surface area contributed by atoms with Crippen LogP contribution in [0.5, 0.6) is 0 Å². The molecule has 0 N–H and O–H groups in total. The van der Waals surface area contributed by atoms with E-state index in [0.717, 1.165) is 24.1 Å². The number of anilines is 1. The highest BCUT2D eigenvalue weighted by Gasteiger charge is 2.32. The standard InChI is InChI=1S/C23H25NO4/c25-21-12-8-19(9-13-21)18-6-10-20(11-7-18)24-14-22(28-23(24)26)16-27-15-17-4-2-1-3-5-17/h1-7,10-11,19,22H,8-9,12-16H2. The van der Waals surface area contributed by atoms with E-state index >= 15 is 0 Å². The average Bonchev–Trinajstić information content (AvgIpc) is 3.10. The maximum absolute atomic E-state index is 12.3. The Bertz CT molecular complexity index is 808. The predicted molar refractivity (Wildman–Crippen MR) is 106 cm³/mol. The smallest absolute Gasteiger partial charge is 0.414 e. The van der Waals surface area contributed by atoms with Crippen LogP contribution in [-0.4, -0.2) is 31.1 Å². The van der Waals surface area contributed by atoms with Crippen LogP contribution < -0.4 is 4.90 Å². The Morgan fingerprint density at radius 1 is 0.964 bits per heavy atom. The first-order chi connectivity index (χ1) is 13.7. The highest BCUT2D eigenvalue weighted by Crippen LogP contribution is 2.32. The Labute approximate surface area is 165 Å². The Morgan fingerprint density at radius 2 is 1.68 bits per heavy atom. The molecule has 5 heteroatoms. The van der Waals surface area contributed by atoms with Crippen molar-refractivity contribution in [2.24, 2.45) is 0 Å². The second-order valence-electron chi connectivity index (χ2n) is 7.52. The molecule has 2 aromatic carbocycles. The summed E-state index contributed by atoms with van der Waals surface area (Å²) in [6.07, 6.45) is 2.60. The van der Waals surface area contributed by atoms with Gasteiger partial charge in [0, 0.05) is 18.5 Å². The fourth-order valence-electron chi connectivity index (χ4n) is 3.90. The third-order valence-corrected chi connectivity index (χ3v) is 5.51. The Balaban J connectivity index is 1.30.